The summed E-state index contributed by atoms with van der Waals surface area (Å²) in [4.78, 5) is 16.7. The molecule has 1 amide bonds. The number of H-pyrrole nitrogens is 1. The molecule has 4 nitrogen and oxygen atoms in total. The minimum absolute atomic E-state index is 0.00888. The number of anilines is 1. The third kappa shape index (κ3) is 2.17. The van der Waals surface area contributed by atoms with Gasteiger partial charge in [0.25, 0.3) is 5.91 Å². The Hall–Kier alpha value is -1.66. The number of hydrogen-bond donors (Lipinski definition) is 1. The molecule has 2 heterocycles. The lowest BCUT2D eigenvalue weighted by atomic mass is 10.1. The zero-order chi connectivity index (χ0) is 13.4. The summed E-state index contributed by atoms with van der Waals surface area (Å²) in [5, 5.41) is 1.98. The molecule has 0 atom stereocenters. The molecule has 19 heavy (non-hydrogen) atoms. The van der Waals surface area contributed by atoms with Gasteiger partial charge in [-0.25, -0.2) is 0 Å². The average molecular weight is 292 g/mol. The first kappa shape index (κ1) is 12.4. The maximum atomic E-state index is 11.8. The fourth-order valence-electron chi connectivity index (χ4n) is 2.14. The van der Waals surface area contributed by atoms with E-state index in [4.69, 9.17) is 17.0 Å². The maximum absolute atomic E-state index is 11.8. The van der Waals surface area contributed by atoms with Crippen LogP contribution in [-0.4, -0.2) is 24.0 Å². The van der Waals surface area contributed by atoms with E-state index in [1.807, 2.05) is 30.5 Å². The molecule has 0 saturated carbocycles. The van der Waals surface area contributed by atoms with Gasteiger partial charge >= 0.3 is 0 Å². The van der Waals surface area contributed by atoms with Gasteiger partial charge in [0.05, 0.1) is 11.4 Å². The Labute approximate surface area is 119 Å². The van der Waals surface area contributed by atoms with Crippen molar-refractivity contribution in [3.63, 3.8) is 0 Å². The first-order valence-corrected chi connectivity index (χ1v) is 7.23. The van der Waals surface area contributed by atoms with Crippen molar-refractivity contribution in [2.45, 2.75) is 6.92 Å². The van der Waals surface area contributed by atoms with E-state index >= 15 is 0 Å². The van der Waals surface area contributed by atoms with Crippen molar-refractivity contribution in [3.05, 3.63) is 27.5 Å². The summed E-state index contributed by atoms with van der Waals surface area (Å²) in [6.07, 6.45) is 0. The maximum Gasteiger partial charge on any atom is 0.265 e. The lowest BCUT2D eigenvalue weighted by Gasteiger charge is -2.28. The molecule has 0 fully saturated rings. The Morgan fingerprint density at radius 3 is 3.05 bits per heavy atom. The van der Waals surface area contributed by atoms with Crippen molar-refractivity contribution >= 4 is 35.1 Å². The van der Waals surface area contributed by atoms with Crippen LogP contribution in [0.3, 0.4) is 0 Å². The van der Waals surface area contributed by atoms with Gasteiger partial charge in [0.1, 0.15) is 5.75 Å². The van der Waals surface area contributed by atoms with E-state index in [2.05, 4.69) is 4.98 Å². The zero-order valence-corrected chi connectivity index (χ0v) is 11.9. The van der Waals surface area contributed by atoms with Gasteiger partial charge in [-0.2, -0.15) is 0 Å². The Morgan fingerprint density at radius 2 is 2.37 bits per heavy atom. The Morgan fingerprint density at radius 1 is 1.53 bits per heavy atom. The van der Waals surface area contributed by atoms with Crippen molar-refractivity contribution in [2.24, 2.45) is 0 Å². The molecule has 0 saturated heterocycles. The van der Waals surface area contributed by atoms with Crippen LogP contribution in [0.15, 0.2) is 23.6 Å². The highest BCUT2D eigenvalue weighted by Gasteiger charge is 2.24. The number of amides is 1. The Balaban J connectivity index is 2.09. The smallest absolute Gasteiger partial charge is 0.265 e. The highest BCUT2D eigenvalue weighted by atomic mass is 32.1. The lowest BCUT2D eigenvalue weighted by Crippen LogP contribution is -2.38. The summed E-state index contributed by atoms with van der Waals surface area (Å²) in [5.74, 6) is 0.740. The van der Waals surface area contributed by atoms with E-state index in [9.17, 15) is 4.79 Å². The van der Waals surface area contributed by atoms with Crippen LogP contribution in [0, 0.1) is 3.95 Å². The predicted octanol–water partition coefficient (Wildman–Crippen LogP) is 3.22. The molecule has 0 aliphatic carbocycles. The minimum Gasteiger partial charge on any atom is -0.482 e. The second-order valence-electron chi connectivity index (χ2n) is 4.17. The van der Waals surface area contributed by atoms with Crippen molar-refractivity contribution in [2.75, 3.05) is 18.1 Å². The Kier molecular flexibility index (Phi) is 3.12. The summed E-state index contributed by atoms with van der Waals surface area (Å²) in [6, 6.07) is 5.83. The average Bonchev–Trinajstić information content (AvgIpc) is 2.85. The normalized spacial score (nSPS) is 14.2. The number of carbonyl (C=O) groups is 1. The van der Waals surface area contributed by atoms with E-state index in [0.717, 1.165) is 26.6 Å². The number of thiazole rings is 1. The minimum atomic E-state index is -0.00888. The number of hydrogen-bond acceptors (Lipinski definition) is 4. The Bertz CT molecular complexity index is 690. The van der Waals surface area contributed by atoms with Crippen molar-refractivity contribution in [1.82, 2.24) is 4.98 Å². The first-order chi connectivity index (χ1) is 9.19. The van der Waals surface area contributed by atoms with E-state index in [-0.39, 0.29) is 12.5 Å². The molecule has 6 heteroatoms. The molecule has 0 spiro atoms. The molecule has 2 aromatic rings. The second kappa shape index (κ2) is 4.79. The van der Waals surface area contributed by atoms with Crippen LogP contribution in [0.1, 0.15) is 6.92 Å². The summed E-state index contributed by atoms with van der Waals surface area (Å²) in [6.45, 7) is 2.71. The summed E-state index contributed by atoms with van der Waals surface area (Å²) < 4.78 is 6.19. The van der Waals surface area contributed by atoms with E-state index in [1.165, 1.54) is 11.3 Å². The van der Waals surface area contributed by atoms with E-state index < -0.39 is 0 Å². The van der Waals surface area contributed by atoms with Gasteiger partial charge in [0.15, 0.2) is 10.6 Å². The van der Waals surface area contributed by atoms with Crippen molar-refractivity contribution in [1.29, 1.82) is 0 Å². The van der Waals surface area contributed by atoms with Crippen LogP contribution < -0.4 is 9.64 Å². The van der Waals surface area contributed by atoms with Crippen LogP contribution in [-0.2, 0) is 4.79 Å². The third-order valence-corrected chi connectivity index (χ3v) is 4.11. The molecule has 0 unspecified atom stereocenters. The quantitative estimate of drug-likeness (QED) is 0.864. The largest absolute Gasteiger partial charge is 0.482 e. The molecule has 0 bridgehead atoms. The van der Waals surface area contributed by atoms with E-state index in [0.29, 0.717) is 6.54 Å². The van der Waals surface area contributed by atoms with Gasteiger partial charge in [-0.3, -0.25) is 4.79 Å². The molecule has 0 radical (unpaired) electrons. The fraction of sp³-hybridized carbons (Fsp3) is 0.231. The molecule has 1 aromatic heterocycles. The molecule has 1 aliphatic heterocycles. The number of ether oxygens (including phenoxy) is 1. The van der Waals surface area contributed by atoms with Gasteiger partial charge < -0.3 is 14.6 Å². The van der Waals surface area contributed by atoms with E-state index in [1.54, 1.807) is 4.90 Å². The molecule has 98 valence electrons. The lowest BCUT2D eigenvalue weighted by molar-refractivity contribution is -0.121. The summed E-state index contributed by atoms with van der Waals surface area (Å²) in [5.41, 5.74) is 2.79. The fourth-order valence-corrected chi connectivity index (χ4v) is 2.98. The zero-order valence-electron chi connectivity index (χ0n) is 10.3. The van der Waals surface area contributed by atoms with Crippen LogP contribution in [0.4, 0.5) is 5.69 Å². The predicted molar refractivity (Wildman–Crippen MR) is 78.5 cm³/mol. The molecule has 3 rings (SSSR count). The highest BCUT2D eigenvalue weighted by molar-refractivity contribution is 7.73. The van der Waals surface area contributed by atoms with Gasteiger partial charge in [-0.15, -0.1) is 11.3 Å². The van der Waals surface area contributed by atoms with Gasteiger partial charge in [-0.05, 0) is 37.3 Å². The van der Waals surface area contributed by atoms with Gasteiger partial charge in [0, 0.05) is 17.5 Å². The molecular formula is C13H12N2O2S2. The number of nitrogens with zero attached hydrogens (tertiary/aromatic N) is 1. The number of likely N-dealkylation sites (N-methyl/N-ethyl adjacent to an activating group) is 1. The number of carbonyl (C=O) groups excluding carboxylic acids is 1. The number of benzene rings is 1. The SMILES string of the molecule is CCN1C(=O)COc2ccc(-c3csc(=S)[nH]3)cc21. The first-order valence-electron chi connectivity index (χ1n) is 5.94. The molecule has 1 aliphatic rings. The highest BCUT2D eigenvalue weighted by Crippen LogP contribution is 2.35. The van der Waals surface area contributed by atoms with Crippen LogP contribution in [0.5, 0.6) is 5.75 Å². The number of aromatic amines is 1. The topological polar surface area (TPSA) is 45.3 Å². The standard InChI is InChI=1S/C13H12N2O2S2/c1-2-15-10-5-8(9-7-19-13(18)14-9)3-4-11(10)17-6-12(15)16/h3-5,7H,2,6H2,1H3,(H,14,18). The molecule has 1 N–H and O–H groups in total. The van der Waals surface area contributed by atoms with Crippen LogP contribution >= 0.6 is 23.6 Å². The number of nitrogens with one attached hydrogen (secondary N) is 1. The monoisotopic (exact) mass is 292 g/mol. The number of fused-ring (bicyclic) bond motifs is 1. The third-order valence-electron chi connectivity index (χ3n) is 3.05. The molecule has 1 aromatic carbocycles. The van der Waals surface area contributed by atoms with Crippen molar-refractivity contribution < 1.29 is 9.53 Å². The number of aromatic nitrogens is 1. The number of rotatable bonds is 2. The van der Waals surface area contributed by atoms with Gasteiger partial charge in [0.2, 0.25) is 0 Å². The van der Waals surface area contributed by atoms with Crippen molar-refractivity contribution in [3.8, 4) is 17.0 Å². The summed E-state index contributed by atoms with van der Waals surface area (Å²) >= 11 is 6.58. The van der Waals surface area contributed by atoms with Crippen LogP contribution in [0.2, 0.25) is 0 Å². The second-order valence-corrected chi connectivity index (χ2v) is 5.72. The summed E-state index contributed by atoms with van der Waals surface area (Å²) in [7, 11) is 0. The molecular weight excluding hydrogens is 280 g/mol. The van der Waals surface area contributed by atoms with Crippen LogP contribution in [0.25, 0.3) is 11.3 Å². The van der Waals surface area contributed by atoms with Gasteiger partial charge in [-0.1, -0.05) is 0 Å².